The van der Waals surface area contributed by atoms with Crippen LogP contribution in [0.15, 0.2) is 0 Å². The molecule has 2 fully saturated rings. The Hall–Kier alpha value is -0.630. The molecule has 1 saturated heterocycles. The third-order valence-corrected chi connectivity index (χ3v) is 4.87. The summed E-state index contributed by atoms with van der Waals surface area (Å²) >= 11 is 0. The molecule has 1 aliphatic carbocycles. The van der Waals surface area contributed by atoms with E-state index >= 15 is 0 Å². The third-order valence-electron chi connectivity index (χ3n) is 4.87. The average Bonchev–Trinajstić information content (AvgIpc) is 3.03. The summed E-state index contributed by atoms with van der Waals surface area (Å²) in [6.07, 6.45) is 7.35. The molecule has 1 N–H and O–H groups in total. The van der Waals surface area contributed by atoms with Crippen molar-refractivity contribution < 1.29 is 14.6 Å². The summed E-state index contributed by atoms with van der Waals surface area (Å²) in [5.41, 5.74) is 0. The van der Waals surface area contributed by atoms with Gasteiger partial charge in [-0.2, -0.15) is 5.26 Å². The number of nitriles is 1. The second-order valence-electron chi connectivity index (χ2n) is 6.18. The monoisotopic (exact) mass is 281 g/mol. The Morgan fingerprint density at radius 2 is 1.80 bits per heavy atom. The summed E-state index contributed by atoms with van der Waals surface area (Å²) in [5, 5.41) is 18.1. The lowest BCUT2D eigenvalue weighted by Gasteiger charge is -2.33. The molecule has 0 aromatic rings. The predicted octanol–water partition coefficient (Wildman–Crippen LogP) is 2.86. The highest BCUT2D eigenvalue weighted by Crippen LogP contribution is 2.51. The van der Waals surface area contributed by atoms with Gasteiger partial charge in [0.05, 0.1) is 25.2 Å². The SMILES string of the molecule is CC1CC(C#N)C(CCCCCCCO)C12OCCO2. The number of hydrogen-bond acceptors (Lipinski definition) is 4. The minimum Gasteiger partial charge on any atom is -0.396 e. The van der Waals surface area contributed by atoms with Gasteiger partial charge in [-0.3, -0.25) is 0 Å². The standard InChI is InChI=1S/C16H27NO3/c1-13-11-14(12-17)15(16(13)19-9-10-20-16)7-5-3-2-4-6-8-18/h13-15,18H,2-11H2,1H3. The van der Waals surface area contributed by atoms with Crippen LogP contribution in [0.1, 0.15) is 51.9 Å². The second-order valence-corrected chi connectivity index (χ2v) is 6.18. The zero-order chi connectivity index (χ0) is 14.4. The normalized spacial score (nSPS) is 31.8. The van der Waals surface area contributed by atoms with Crippen LogP contribution in [0.4, 0.5) is 0 Å². The van der Waals surface area contributed by atoms with Gasteiger partial charge >= 0.3 is 0 Å². The van der Waals surface area contributed by atoms with Crippen molar-refractivity contribution in [1.82, 2.24) is 0 Å². The van der Waals surface area contributed by atoms with Crippen molar-refractivity contribution in [3.05, 3.63) is 0 Å². The van der Waals surface area contributed by atoms with Gasteiger partial charge in [-0.1, -0.05) is 32.6 Å². The first-order chi connectivity index (χ1) is 9.74. The molecule has 4 heteroatoms. The summed E-state index contributed by atoms with van der Waals surface area (Å²) in [6, 6.07) is 2.46. The minimum absolute atomic E-state index is 0.0699. The fraction of sp³-hybridized carbons (Fsp3) is 0.938. The Balaban J connectivity index is 1.85. The molecule has 114 valence electrons. The lowest BCUT2D eigenvalue weighted by atomic mass is 9.87. The second kappa shape index (κ2) is 7.40. The maximum atomic E-state index is 9.38. The van der Waals surface area contributed by atoms with Crippen LogP contribution in [-0.2, 0) is 9.47 Å². The molecule has 2 rings (SSSR count). The zero-order valence-corrected chi connectivity index (χ0v) is 12.5. The van der Waals surface area contributed by atoms with Crippen LogP contribution in [0.2, 0.25) is 0 Å². The molecule has 2 aliphatic rings. The maximum Gasteiger partial charge on any atom is 0.175 e. The summed E-state index contributed by atoms with van der Waals surface area (Å²) in [5.74, 6) is 0.128. The topological polar surface area (TPSA) is 62.5 Å². The summed E-state index contributed by atoms with van der Waals surface area (Å²) in [7, 11) is 0. The summed E-state index contributed by atoms with van der Waals surface area (Å²) in [6.45, 7) is 3.77. The number of rotatable bonds is 7. The number of unbranched alkanes of at least 4 members (excludes halogenated alkanes) is 4. The van der Waals surface area contributed by atoms with Crippen LogP contribution in [0.3, 0.4) is 0 Å². The zero-order valence-electron chi connectivity index (χ0n) is 12.5. The van der Waals surface area contributed by atoms with Crippen LogP contribution < -0.4 is 0 Å². The molecule has 3 unspecified atom stereocenters. The maximum absolute atomic E-state index is 9.38. The van der Waals surface area contributed by atoms with E-state index in [1.807, 2.05) is 0 Å². The molecule has 0 bridgehead atoms. The Kier molecular flexibility index (Phi) is 5.83. The van der Waals surface area contributed by atoms with Crippen molar-refractivity contribution in [2.75, 3.05) is 19.8 Å². The summed E-state index contributed by atoms with van der Waals surface area (Å²) < 4.78 is 11.9. The van der Waals surface area contributed by atoms with Crippen LogP contribution in [0.5, 0.6) is 0 Å². The van der Waals surface area contributed by atoms with E-state index in [1.165, 1.54) is 6.42 Å². The molecule has 0 radical (unpaired) electrons. The van der Waals surface area contributed by atoms with Gasteiger partial charge in [0.1, 0.15) is 0 Å². The van der Waals surface area contributed by atoms with Crippen LogP contribution in [-0.4, -0.2) is 30.7 Å². The van der Waals surface area contributed by atoms with E-state index in [-0.39, 0.29) is 11.8 Å². The number of hydrogen-bond donors (Lipinski definition) is 1. The van der Waals surface area contributed by atoms with Gasteiger partial charge in [0.15, 0.2) is 5.79 Å². The lowest BCUT2D eigenvalue weighted by molar-refractivity contribution is -0.209. The fourth-order valence-electron chi connectivity index (χ4n) is 3.85. The predicted molar refractivity (Wildman–Crippen MR) is 75.8 cm³/mol. The molecule has 3 atom stereocenters. The average molecular weight is 281 g/mol. The van der Waals surface area contributed by atoms with Crippen molar-refractivity contribution in [3.8, 4) is 6.07 Å². The van der Waals surface area contributed by atoms with Crippen molar-refractivity contribution in [2.45, 2.75) is 57.7 Å². The van der Waals surface area contributed by atoms with E-state index in [1.54, 1.807) is 0 Å². The van der Waals surface area contributed by atoms with E-state index in [9.17, 15) is 5.26 Å². The minimum atomic E-state index is -0.481. The first-order valence-corrected chi connectivity index (χ1v) is 8.03. The largest absolute Gasteiger partial charge is 0.396 e. The Bertz CT molecular complexity index is 333. The first kappa shape index (κ1) is 15.8. The van der Waals surface area contributed by atoms with E-state index in [0.717, 1.165) is 38.5 Å². The van der Waals surface area contributed by atoms with E-state index in [4.69, 9.17) is 14.6 Å². The highest BCUT2D eigenvalue weighted by molar-refractivity contribution is 5.05. The third kappa shape index (κ3) is 3.16. The van der Waals surface area contributed by atoms with Gasteiger partial charge in [0.25, 0.3) is 0 Å². The molecule has 1 heterocycles. The van der Waals surface area contributed by atoms with Gasteiger partial charge < -0.3 is 14.6 Å². The molecule has 1 aliphatic heterocycles. The lowest BCUT2D eigenvalue weighted by Crippen LogP contribution is -2.41. The van der Waals surface area contributed by atoms with Crippen molar-refractivity contribution >= 4 is 0 Å². The van der Waals surface area contributed by atoms with Crippen molar-refractivity contribution in [1.29, 1.82) is 5.26 Å². The highest BCUT2D eigenvalue weighted by Gasteiger charge is 2.57. The van der Waals surface area contributed by atoms with Crippen molar-refractivity contribution in [2.24, 2.45) is 17.8 Å². The number of aliphatic hydroxyl groups is 1. The Labute approximate surface area is 122 Å². The van der Waals surface area contributed by atoms with E-state index in [0.29, 0.717) is 25.7 Å². The smallest absolute Gasteiger partial charge is 0.175 e. The van der Waals surface area contributed by atoms with Crippen LogP contribution in [0.25, 0.3) is 0 Å². The first-order valence-electron chi connectivity index (χ1n) is 8.03. The molecule has 0 aromatic heterocycles. The Morgan fingerprint density at radius 3 is 2.45 bits per heavy atom. The van der Waals surface area contributed by atoms with Gasteiger partial charge in [-0.25, -0.2) is 0 Å². The number of aliphatic hydroxyl groups excluding tert-OH is 1. The number of nitrogens with zero attached hydrogens (tertiary/aromatic N) is 1. The molecule has 0 aromatic carbocycles. The van der Waals surface area contributed by atoms with Gasteiger partial charge in [0.2, 0.25) is 0 Å². The van der Waals surface area contributed by atoms with Gasteiger partial charge in [-0.05, 0) is 19.3 Å². The van der Waals surface area contributed by atoms with Gasteiger partial charge in [0, 0.05) is 18.4 Å². The molecule has 20 heavy (non-hydrogen) atoms. The quantitative estimate of drug-likeness (QED) is 0.729. The fourth-order valence-corrected chi connectivity index (χ4v) is 3.85. The van der Waals surface area contributed by atoms with Crippen LogP contribution >= 0.6 is 0 Å². The summed E-state index contributed by atoms with van der Waals surface area (Å²) in [4.78, 5) is 0. The highest BCUT2D eigenvalue weighted by atomic mass is 16.7. The molecule has 0 amide bonds. The molecular weight excluding hydrogens is 254 g/mol. The Morgan fingerprint density at radius 1 is 1.15 bits per heavy atom. The number of ether oxygens (including phenoxy) is 2. The van der Waals surface area contributed by atoms with Gasteiger partial charge in [-0.15, -0.1) is 0 Å². The molecule has 1 saturated carbocycles. The van der Waals surface area contributed by atoms with Crippen molar-refractivity contribution in [3.63, 3.8) is 0 Å². The molecule has 4 nitrogen and oxygen atoms in total. The molecular formula is C16H27NO3. The van der Waals surface area contributed by atoms with E-state index < -0.39 is 5.79 Å². The molecule has 1 spiro atoms. The van der Waals surface area contributed by atoms with Crippen LogP contribution in [0, 0.1) is 29.1 Å². The van der Waals surface area contributed by atoms with E-state index in [2.05, 4.69) is 13.0 Å².